The van der Waals surface area contributed by atoms with Crippen molar-refractivity contribution in [2.75, 3.05) is 0 Å². The number of aromatic carboxylic acids is 1. The number of aromatic nitrogens is 1. The van der Waals surface area contributed by atoms with E-state index in [1.165, 1.54) is 12.3 Å². The second-order valence-corrected chi connectivity index (χ2v) is 3.69. The van der Waals surface area contributed by atoms with Gasteiger partial charge in [0, 0.05) is 11.8 Å². The van der Waals surface area contributed by atoms with E-state index in [-0.39, 0.29) is 5.69 Å². The van der Waals surface area contributed by atoms with Gasteiger partial charge in [0.1, 0.15) is 11.5 Å². The van der Waals surface area contributed by atoms with Crippen LogP contribution in [-0.2, 0) is 0 Å². The molecule has 2 aromatic rings. The predicted molar refractivity (Wildman–Crippen MR) is 56.6 cm³/mol. The molecule has 0 fully saturated rings. The van der Waals surface area contributed by atoms with Gasteiger partial charge in [0.2, 0.25) is 0 Å². The monoisotopic (exact) mass is 267 g/mol. The Hall–Kier alpha value is -1.62. The van der Waals surface area contributed by atoms with Crippen molar-refractivity contribution >= 4 is 21.9 Å². The number of rotatable bonds is 2. The van der Waals surface area contributed by atoms with Crippen LogP contribution in [0, 0.1) is 0 Å². The molecule has 2 rings (SSSR count). The summed E-state index contributed by atoms with van der Waals surface area (Å²) < 4.78 is 6.03. The minimum atomic E-state index is -1.04. The molecule has 0 amide bonds. The summed E-state index contributed by atoms with van der Waals surface area (Å²) in [4.78, 5) is 14.4. The van der Waals surface area contributed by atoms with Crippen LogP contribution in [0.25, 0.3) is 11.3 Å². The average Bonchev–Trinajstić information content (AvgIpc) is 2.65. The average molecular weight is 268 g/mol. The van der Waals surface area contributed by atoms with Gasteiger partial charge in [-0.15, -0.1) is 0 Å². The molecule has 0 aliphatic heterocycles. The topological polar surface area (TPSA) is 63.3 Å². The van der Waals surface area contributed by atoms with Crippen LogP contribution in [0.2, 0.25) is 0 Å². The Bertz CT molecular complexity index is 490. The maximum absolute atomic E-state index is 10.6. The fourth-order valence-corrected chi connectivity index (χ4v) is 1.58. The normalized spacial score (nSPS) is 10.2. The lowest BCUT2D eigenvalue weighted by molar-refractivity contribution is 0.0690. The Morgan fingerprint density at radius 3 is 2.67 bits per heavy atom. The highest BCUT2D eigenvalue weighted by Gasteiger charge is 2.09. The van der Waals surface area contributed by atoms with Gasteiger partial charge in [0.25, 0.3) is 0 Å². The lowest BCUT2D eigenvalue weighted by Gasteiger charge is -1.98. The summed E-state index contributed by atoms with van der Waals surface area (Å²) in [6, 6.07) is 4.85. The fourth-order valence-electron chi connectivity index (χ4n) is 1.15. The number of pyridine rings is 1. The van der Waals surface area contributed by atoms with E-state index in [9.17, 15) is 4.79 Å². The number of nitrogens with zero attached hydrogens (tertiary/aromatic N) is 1. The standard InChI is InChI=1S/C10H6BrNO3/c11-7-3-4-15-9(7)6-1-2-8(10(13)14)12-5-6/h1-5H,(H,13,14). The third-order valence-corrected chi connectivity index (χ3v) is 2.49. The number of halogens is 1. The number of hydrogen-bond acceptors (Lipinski definition) is 3. The molecule has 0 aliphatic carbocycles. The van der Waals surface area contributed by atoms with Gasteiger partial charge in [-0.1, -0.05) is 0 Å². The van der Waals surface area contributed by atoms with Crippen LogP contribution in [0.5, 0.6) is 0 Å². The zero-order valence-electron chi connectivity index (χ0n) is 7.48. The molecule has 0 aromatic carbocycles. The minimum Gasteiger partial charge on any atom is -0.477 e. The van der Waals surface area contributed by atoms with E-state index < -0.39 is 5.97 Å². The summed E-state index contributed by atoms with van der Waals surface area (Å²) in [6.07, 6.45) is 3.01. The van der Waals surface area contributed by atoms with E-state index in [2.05, 4.69) is 20.9 Å². The zero-order valence-corrected chi connectivity index (χ0v) is 9.06. The first-order valence-corrected chi connectivity index (χ1v) is 4.90. The molecule has 0 atom stereocenters. The summed E-state index contributed by atoms with van der Waals surface area (Å²) >= 11 is 3.31. The van der Waals surface area contributed by atoms with Crippen molar-refractivity contribution in [2.45, 2.75) is 0 Å². The van der Waals surface area contributed by atoms with Crippen LogP contribution in [0.1, 0.15) is 10.5 Å². The highest BCUT2D eigenvalue weighted by atomic mass is 79.9. The van der Waals surface area contributed by atoms with E-state index in [1.54, 1.807) is 18.4 Å². The van der Waals surface area contributed by atoms with Crippen molar-refractivity contribution in [1.82, 2.24) is 4.98 Å². The van der Waals surface area contributed by atoms with Crippen molar-refractivity contribution < 1.29 is 14.3 Å². The van der Waals surface area contributed by atoms with Crippen LogP contribution in [0.3, 0.4) is 0 Å². The largest absolute Gasteiger partial charge is 0.477 e. The lowest BCUT2D eigenvalue weighted by atomic mass is 10.2. The molecule has 76 valence electrons. The molecule has 0 saturated heterocycles. The highest BCUT2D eigenvalue weighted by molar-refractivity contribution is 9.10. The van der Waals surface area contributed by atoms with Crippen molar-refractivity contribution in [3.05, 3.63) is 40.8 Å². The Morgan fingerprint density at radius 2 is 2.20 bits per heavy atom. The molecule has 4 nitrogen and oxygen atoms in total. The SMILES string of the molecule is O=C(O)c1ccc(-c2occc2Br)cn1. The van der Waals surface area contributed by atoms with Gasteiger partial charge in [-0.2, -0.15) is 0 Å². The molecule has 0 saturated carbocycles. The summed E-state index contributed by atoms with van der Waals surface area (Å²) in [5, 5.41) is 8.67. The molecular formula is C10H6BrNO3. The third-order valence-electron chi connectivity index (χ3n) is 1.86. The van der Waals surface area contributed by atoms with Gasteiger partial charge in [0.05, 0.1) is 10.7 Å². The van der Waals surface area contributed by atoms with Crippen LogP contribution in [0.4, 0.5) is 0 Å². The number of carboxylic acid groups (broad SMARTS) is 1. The van der Waals surface area contributed by atoms with Crippen molar-refractivity contribution in [2.24, 2.45) is 0 Å². The summed E-state index contributed by atoms with van der Waals surface area (Å²) in [6.45, 7) is 0. The molecule has 2 heterocycles. The minimum absolute atomic E-state index is 0.0152. The number of hydrogen-bond donors (Lipinski definition) is 1. The van der Waals surface area contributed by atoms with E-state index in [4.69, 9.17) is 9.52 Å². The Balaban J connectivity index is 2.40. The van der Waals surface area contributed by atoms with Crippen LogP contribution < -0.4 is 0 Å². The first kappa shape index (κ1) is 9.92. The molecule has 0 unspecified atom stereocenters. The van der Waals surface area contributed by atoms with Gasteiger partial charge in [-0.3, -0.25) is 0 Å². The van der Waals surface area contributed by atoms with Gasteiger partial charge in [-0.05, 0) is 34.1 Å². The predicted octanol–water partition coefficient (Wildman–Crippen LogP) is 2.80. The number of carboxylic acids is 1. The molecule has 1 N–H and O–H groups in total. The smallest absolute Gasteiger partial charge is 0.354 e. The molecule has 0 aliphatic rings. The molecule has 2 aromatic heterocycles. The van der Waals surface area contributed by atoms with Crippen molar-refractivity contribution in [3.8, 4) is 11.3 Å². The molecule has 5 heteroatoms. The van der Waals surface area contributed by atoms with Crippen molar-refractivity contribution in [1.29, 1.82) is 0 Å². The maximum Gasteiger partial charge on any atom is 0.354 e. The zero-order chi connectivity index (χ0) is 10.8. The van der Waals surface area contributed by atoms with Gasteiger partial charge < -0.3 is 9.52 Å². The summed E-state index contributed by atoms with van der Waals surface area (Å²) in [7, 11) is 0. The Kier molecular flexibility index (Phi) is 2.55. The van der Waals surface area contributed by atoms with Crippen LogP contribution in [0.15, 0.2) is 39.5 Å². The first-order chi connectivity index (χ1) is 7.18. The quantitative estimate of drug-likeness (QED) is 0.909. The number of furan rings is 1. The number of carbonyl (C=O) groups is 1. The van der Waals surface area contributed by atoms with E-state index in [0.29, 0.717) is 5.76 Å². The lowest BCUT2D eigenvalue weighted by Crippen LogP contribution is -1.98. The van der Waals surface area contributed by atoms with Crippen LogP contribution in [-0.4, -0.2) is 16.1 Å². The first-order valence-electron chi connectivity index (χ1n) is 4.11. The second-order valence-electron chi connectivity index (χ2n) is 2.83. The van der Waals surface area contributed by atoms with Crippen LogP contribution >= 0.6 is 15.9 Å². The summed E-state index contributed by atoms with van der Waals surface area (Å²) in [5.74, 6) is -0.403. The van der Waals surface area contributed by atoms with Gasteiger partial charge in [-0.25, -0.2) is 9.78 Å². The molecule has 0 radical (unpaired) electrons. The molecular weight excluding hydrogens is 262 g/mol. The van der Waals surface area contributed by atoms with Gasteiger partial charge >= 0.3 is 5.97 Å². The second kappa shape index (κ2) is 3.86. The summed E-state index contributed by atoms with van der Waals surface area (Å²) in [5.41, 5.74) is 0.748. The molecule has 0 spiro atoms. The van der Waals surface area contributed by atoms with E-state index >= 15 is 0 Å². The molecule has 0 bridgehead atoms. The molecule has 15 heavy (non-hydrogen) atoms. The van der Waals surface area contributed by atoms with E-state index in [1.807, 2.05) is 0 Å². The van der Waals surface area contributed by atoms with Crippen molar-refractivity contribution in [3.63, 3.8) is 0 Å². The highest BCUT2D eigenvalue weighted by Crippen LogP contribution is 2.28. The third kappa shape index (κ3) is 1.92. The maximum atomic E-state index is 10.6. The van der Waals surface area contributed by atoms with E-state index in [0.717, 1.165) is 10.0 Å². The fraction of sp³-hybridized carbons (Fsp3) is 0. The Labute approximate surface area is 93.7 Å². The Morgan fingerprint density at radius 1 is 1.40 bits per heavy atom. The van der Waals surface area contributed by atoms with Gasteiger partial charge in [0.15, 0.2) is 0 Å².